The third-order valence-electron chi connectivity index (χ3n) is 2.84. The number of ether oxygens (including phenoxy) is 2. The quantitative estimate of drug-likeness (QED) is 0.902. The molecule has 1 N–H and O–H groups in total. The van der Waals surface area contributed by atoms with E-state index in [1.807, 2.05) is 0 Å². The van der Waals surface area contributed by atoms with Crippen molar-refractivity contribution in [3.63, 3.8) is 0 Å². The maximum Gasteiger partial charge on any atom is 0.133 e. The van der Waals surface area contributed by atoms with Crippen LogP contribution in [-0.2, 0) is 13.2 Å². The first-order valence-electron chi connectivity index (χ1n) is 5.98. The van der Waals surface area contributed by atoms with E-state index in [-0.39, 0.29) is 19.0 Å². The van der Waals surface area contributed by atoms with Gasteiger partial charge in [-0.25, -0.2) is 4.39 Å². The second-order valence-corrected chi connectivity index (χ2v) is 5.07. The van der Waals surface area contributed by atoms with Gasteiger partial charge in [0.05, 0.1) is 13.7 Å². The summed E-state index contributed by atoms with van der Waals surface area (Å²) in [6.07, 6.45) is 0. The summed E-state index contributed by atoms with van der Waals surface area (Å²) in [5, 5.41) is 9.27. The van der Waals surface area contributed by atoms with Crippen molar-refractivity contribution in [2.75, 3.05) is 7.11 Å². The van der Waals surface area contributed by atoms with Crippen LogP contribution in [-0.4, -0.2) is 12.2 Å². The maximum absolute atomic E-state index is 13.8. The van der Waals surface area contributed by atoms with Gasteiger partial charge in [0.1, 0.15) is 23.9 Å². The summed E-state index contributed by atoms with van der Waals surface area (Å²) in [4.78, 5) is 0. The van der Waals surface area contributed by atoms with Crippen LogP contribution in [0.3, 0.4) is 0 Å². The summed E-state index contributed by atoms with van der Waals surface area (Å²) in [6.45, 7) is -0.0513. The number of hydrogen-bond acceptors (Lipinski definition) is 3. The Kier molecular flexibility index (Phi) is 4.98. The van der Waals surface area contributed by atoms with Crippen molar-refractivity contribution in [3.05, 3.63) is 57.8 Å². The average molecular weight is 341 g/mol. The van der Waals surface area contributed by atoms with Crippen LogP contribution in [0.5, 0.6) is 11.5 Å². The lowest BCUT2D eigenvalue weighted by atomic mass is 10.2. The fourth-order valence-corrected chi connectivity index (χ4v) is 2.15. The van der Waals surface area contributed by atoms with Gasteiger partial charge in [-0.15, -0.1) is 0 Å². The summed E-state index contributed by atoms with van der Waals surface area (Å²) in [6, 6.07) is 9.91. The molecule has 20 heavy (non-hydrogen) atoms. The van der Waals surface area contributed by atoms with Crippen LogP contribution in [0.15, 0.2) is 40.9 Å². The van der Waals surface area contributed by atoms with Gasteiger partial charge in [-0.05, 0) is 30.3 Å². The number of aliphatic hydroxyl groups is 1. The minimum atomic E-state index is -0.382. The van der Waals surface area contributed by atoms with Gasteiger partial charge in [0.15, 0.2) is 0 Å². The zero-order valence-corrected chi connectivity index (χ0v) is 12.5. The smallest absolute Gasteiger partial charge is 0.133 e. The fourth-order valence-electron chi connectivity index (χ4n) is 1.74. The first-order chi connectivity index (χ1) is 9.63. The molecule has 0 atom stereocenters. The molecule has 0 bridgehead atoms. The summed E-state index contributed by atoms with van der Waals surface area (Å²) in [7, 11) is 1.49. The van der Waals surface area contributed by atoms with E-state index < -0.39 is 0 Å². The van der Waals surface area contributed by atoms with Crippen molar-refractivity contribution in [3.8, 4) is 11.5 Å². The molecule has 0 heterocycles. The minimum absolute atomic E-state index is 0.0878. The molecule has 0 aliphatic carbocycles. The highest BCUT2D eigenvalue weighted by atomic mass is 79.9. The molecule has 0 saturated carbocycles. The molecule has 0 saturated heterocycles. The van der Waals surface area contributed by atoms with Crippen LogP contribution in [0, 0.1) is 5.82 Å². The Hall–Kier alpha value is -1.59. The molecule has 0 unspecified atom stereocenters. The molecule has 0 spiro atoms. The van der Waals surface area contributed by atoms with Crippen molar-refractivity contribution in [2.45, 2.75) is 13.2 Å². The van der Waals surface area contributed by atoms with Gasteiger partial charge in [-0.2, -0.15) is 0 Å². The Balaban J connectivity index is 2.12. The topological polar surface area (TPSA) is 38.7 Å². The second-order valence-electron chi connectivity index (χ2n) is 4.16. The molecule has 0 aliphatic heterocycles. The van der Waals surface area contributed by atoms with Crippen LogP contribution >= 0.6 is 15.9 Å². The molecule has 3 nitrogen and oxygen atoms in total. The molecule has 2 aromatic carbocycles. The third kappa shape index (κ3) is 3.49. The molecule has 0 radical (unpaired) electrons. The molecular weight excluding hydrogens is 327 g/mol. The van der Waals surface area contributed by atoms with E-state index in [9.17, 15) is 9.50 Å². The van der Waals surface area contributed by atoms with Gasteiger partial charge in [-0.1, -0.05) is 15.9 Å². The van der Waals surface area contributed by atoms with E-state index in [0.717, 1.165) is 4.47 Å². The molecule has 0 aromatic heterocycles. The molecule has 106 valence electrons. The average Bonchev–Trinajstić information content (AvgIpc) is 2.46. The highest BCUT2D eigenvalue weighted by Crippen LogP contribution is 2.25. The van der Waals surface area contributed by atoms with Gasteiger partial charge in [0.2, 0.25) is 0 Å². The Bertz CT molecular complexity index is 602. The zero-order valence-electron chi connectivity index (χ0n) is 10.9. The van der Waals surface area contributed by atoms with E-state index >= 15 is 0 Å². The SMILES string of the molecule is COc1ccc(COc2ccc(Br)cc2CO)c(F)c1. The van der Waals surface area contributed by atoms with Crippen molar-refractivity contribution in [1.82, 2.24) is 0 Å². The van der Waals surface area contributed by atoms with E-state index in [4.69, 9.17) is 9.47 Å². The second kappa shape index (κ2) is 6.72. The van der Waals surface area contributed by atoms with E-state index in [1.54, 1.807) is 30.3 Å². The van der Waals surface area contributed by atoms with E-state index in [0.29, 0.717) is 22.6 Å². The Morgan fingerprint density at radius 3 is 2.60 bits per heavy atom. The fraction of sp³-hybridized carbons (Fsp3) is 0.200. The van der Waals surface area contributed by atoms with Crippen LogP contribution < -0.4 is 9.47 Å². The Morgan fingerprint density at radius 1 is 1.15 bits per heavy atom. The molecule has 0 amide bonds. The minimum Gasteiger partial charge on any atom is -0.497 e. The molecule has 2 rings (SSSR count). The predicted molar refractivity (Wildman–Crippen MR) is 77.3 cm³/mol. The first kappa shape index (κ1) is 14.8. The van der Waals surface area contributed by atoms with Crippen LogP contribution in [0.2, 0.25) is 0 Å². The van der Waals surface area contributed by atoms with Crippen LogP contribution in [0.4, 0.5) is 4.39 Å². The van der Waals surface area contributed by atoms with E-state index in [1.165, 1.54) is 13.2 Å². The molecule has 2 aromatic rings. The highest BCUT2D eigenvalue weighted by Gasteiger charge is 2.08. The van der Waals surface area contributed by atoms with E-state index in [2.05, 4.69) is 15.9 Å². The molecule has 5 heteroatoms. The summed E-state index contributed by atoms with van der Waals surface area (Å²) in [5.41, 5.74) is 1.07. The number of rotatable bonds is 5. The van der Waals surface area contributed by atoms with Crippen LogP contribution in [0.1, 0.15) is 11.1 Å². The van der Waals surface area contributed by atoms with Gasteiger partial charge < -0.3 is 14.6 Å². The lowest BCUT2D eigenvalue weighted by molar-refractivity contribution is 0.257. The third-order valence-corrected chi connectivity index (χ3v) is 3.33. The Morgan fingerprint density at radius 2 is 1.95 bits per heavy atom. The van der Waals surface area contributed by atoms with Gasteiger partial charge in [-0.3, -0.25) is 0 Å². The zero-order chi connectivity index (χ0) is 14.5. The Labute approximate surface area is 125 Å². The number of aliphatic hydroxyl groups excluding tert-OH is 1. The van der Waals surface area contributed by atoms with Crippen molar-refractivity contribution in [1.29, 1.82) is 0 Å². The normalized spacial score (nSPS) is 10.4. The largest absolute Gasteiger partial charge is 0.497 e. The summed E-state index contributed by atoms with van der Waals surface area (Å²) < 4.78 is 25.1. The van der Waals surface area contributed by atoms with Gasteiger partial charge >= 0.3 is 0 Å². The number of benzene rings is 2. The first-order valence-corrected chi connectivity index (χ1v) is 6.78. The standard InChI is InChI=1S/C15H14BrFO3/c1-19-13-4-2-10(14(17)7-13)9-20-15-5-3-12(16)6-11(15)8-18/h2-7,18H,8-9H2,1H3. The summed E-state index contributed by atoms with van der Waals surface area (Å²) in [5.74, 6) is 0.615. The maximum atomic E-state index is 13.8. The van der Waals surface area contributed by atoms with Gasteiger partial charge in [0, 0.05) is 21.7 Å². The van der Waals surface area contributed by atoms with Crippen molar-refractivity contribution in [2.24, 2.45) is 0 Å². The number of methoxy groups -OCH3 is 1. The number of hydrogen-bond donors (Lipinski definition) is 1. The van der Waals surface area contributed by atoms with Crippen molar-refractivity contribution < 1.29 is 19.0 Å². The molecule has 0 aliphatic rings. The summed E-state index contributed by atoms with van der Waals surface area (Å²) >= 11 is 3.32. The molecular formula is C15H14BrFO3. The molecule has 0 fully saturated rings. The number of halogens is 2. The van der Waals surface area contributed by atoms with Crippen LogP contribution in [0.25, 0.3) is 0 Å². The lowest BCUT2D eigenvalue weighted by Crippen LogP contribution is -2.01. The predicted octanol–water partition coefficient (Wildman–Crippen LogP) is 3.67. The van der Waals surface area contributed by atoms with Gasteiger partial charge in [0.25, 0.3) is 0 Å². The van der Waals surface area contributed by atoms with Crippen molar-refractivity contribution >= 4 is 15.9 Å². The lowest BCUT2D eigenvalue weighted by Gasteiger charge is -2.11. The highest BCUT2D eigenvalue weighted by molar-refractivity contribution is 9.10. The monoisotopic (exact) mass is 340 g/mol.